The summed E-state index contributed by atoms with van der Waals surface area (Å²) in [5.74, 6) is 2.07. The molecule has 1 saturated heterocycles. The van der Waals surface area contributed by atoms with Gasteiger partial charge in [0.25, 0.3) is 0 Å². The van der Waals surface area contributed by atoms with E-state index in [1.165, 1.54) is 0 Å². The van der Waals surface area contributed by atoms with Crippen LogP contribution < -0.4 is 20.5 Å². The molecule has 1 aromatic carbocycles. The molecular formula is C18H30N4O3. The van der Waals surface area contributed by atoms with Crippen LogP contribution in [0.1, 0.15) is 13.3 Å². The lowest BCUT2D eigenvalue weighted by Gasteiger charge is -2.26. The third-order valence-electron chi connectivity index (χ3n) is 3.98. The van der Waals surface area contributed by atoms with Crippen molar-refractivity contribution in [3.63, 3.8) is 0 Å². The van der Waals surface area contributed by atoms with E-state index in [0.717, 1.165) is 57.3 Å². The molecule has 1 aliphatic heterocycles. The molecule has 0 spiro atoms. The monoisotopic (exact) mass is 350 g/mol. The van der Waals surface area contributed by atoms with Gasteiger partial charge in [0.2, 0.25) is 0 Å². The van der Waals surface area contributed by atoms with Gasteiger partial charge in [0.15, 0.2) is 5.96 Å². The maximum atomic E-state index is 5.91. The van der Waals surface area contributed by atoms with Crippen molar-refractivity contribution in [3.8, 4) is 11.5 Å². The van der Waals surface area contributed by atoms with Crippen molar-refractivity contribution in [3.05, 3.63) is 24.3 Å². The number of nitrogens with two attached hydrogens (primary N) is 1. The van der Waals surface area contributed by atoms with Gasteiger partial charge in [-0.05, 0) is 44.2 Å². The minimum atomic E-state index is -0.0536. The van der Waals surface area contributed by atoms with Crippen LogP contribution in [0.15, 0.2) is 29.3 Å². The largest absolute Gasteiger partial charge is 0.497 e. The highest BCUT2D eigenvalue weighted by atomic mass is 16.5. The van der Waals surface area contributed by atoms with Gasteiger partial charge < -0.3 is 25.3 Å². The molecule has 3 N–H and O–H groups in total. The molecule has 1 aromatic rings. The third kappa shape index (κ3) is 7.62. The van der Waals surface area contributed by atoms with Crippen LogP contribution >= 0.6 is 0 Å². The third-order valence-corrected chi connectivity index (χ3v) is 3.98. The van der Waals surface area contributed by atoms with Gasteiger partial charge in [0.05, 0.1) is 26.9 Å². The molecule has 7 heteroatoms. The van der Waals surface area contributed by atoms with Crippen LogP contribution in [-0.4, -0.2) is 70.0 Å². The number of rotatable bonds is 9. The molecular weight excluding hydrogens is 320 g/mol. The molecule has 0 radical (unpaired) electrons. The summed E-state index contributed by atoms with van der Waals surface area (Å²) in [4.78, 5) is 6.74. The van der Waals surface area contributed by atoms with E-state index in [2.05, 4.69) is 15.2 Å². The predicted octanol–water partition coefficient (Wildman–Crippen LogP) is 1.09. The number of nitrogens with one attached hydrogen (secondary N) is 1. The summed E-state index contributed by atoms with van der Waals surface area (Å²) in [6.45, 7) is 8.06. The van der Waals surface area contributed by atoms with Gasteiger partial charge >= 0.3 is 0 Å². The van der Waals surface area contributed by atoms with Crippen LogP contribution in [0, 0.1) is 0 Å². The second-order valence-electron chi connectivity index (χ2n) is 6.06. The molecule has 1 heterocycles. The average molecular weight is 350 g/mol. The van der Waals surface area contributed by atoms with Gasteiger partial charge in [-0.3, -0.25) is 4.90 Å². The Morgan fingerprint density at radius 3 is 2.64 bits per heavy atom. The van der Waals surface area contributed by atoms with E-state index in [1.807, 2.05) is 31.2 Å². The average Bonchev–Trinajstić information content (AvgIpc) is 2.65. The molecule has 0 aromatic heterocycles. The smallest absolute Gasteiger partial charge is 0.188 e. The van der Waals surface area contributed by atoms with Gasteiger partial charge in [-0.1, -0.05) is 0 Å². The van der Waals surface area contributed by atoms with Crippen LogP contribution in [0.3, 0.4) is 0 Å². The number of guanidine groups is 1. The van der Waals surface area contributed by atoms with Crippen LogP contribution in [0.25, 0.3) is 0 Å². The maximum absolute atomic E-state index is 5.91. The number of morpholine rings is 1. The van der Waals surface area contributed by atoms with Crippen molar-refractivity contribution in [1.29, 1.82) is 0 Å². The summed E-state index contributed by atoms with van der Waals surface area (Å²) < 4.78 is 16.3. The first kappa shape index (κ1) is 19.3. The molecule has 1 aliphatic rings. The molecule has 7 nitrogen and oxygen atoms in total. The Kier molecular flexibility index (Phi) is 8.34. The molecule has 2 rings (SSSR count). The Balaban J connectivity index is 1.60. The molecule has 1 atom stereocenters. The highest BCUT2D eigenvalue weighted by Gasteiger charge is 2.09. The first-order valence-corrected chi connectivity index (χ1v) is 8.82. The maximum Gasteiger partial charge on any atom is 0.188 e. The van der Waals surface area contributed by atoms with E-state index in [4.69, 9.17) is 19.9 Å². The van der Waals surface area contributed by atoms with Gasteiger partial charge in [-0.15, -0.1) is 0 Å². The summed E-state index contributed by atoms with van der Waals surface area (Å²) in [6, 6.07) is 7.50. The molecule has 140 valence electrons. The summed E-state index contributed by atoms with van der Waals surface area (Å²) in [7, 11) is 1.64. The Labute approximate surface area is 150 Å². The number of methoxy groups -OCH3 is 1. The van der Waals surface area contributed by atoms with E-state index < -0.39 is 0 Å². The number of aliphatic imine (C=N–C) groups is 1. The second kappa shape index (κ2) is 10.8. The predicted molar refractivity (Wildman–Crippen MR) is 99.5 cm³/mol. The minimum absolute atomic E-state index is 0.0536. The fraction of sp³-hybridized carbons (Fsp3) is 0.611. The number of hydrogen-bond acceptors (Lipinski definition) is 5. The summed E-state index contributed by atoms with van der Waals surface area (Å²) in [5, 5.41) is 3.15. The van der Waals surface area contributed by atoms with Crippen molar-refractivity contribution in [2.24, 2.45) is 10.7 Å². The van der Waals surface area contributed by atoms with Gasteiger partial charge in [-0.2, -0.15) is 0 Å². The van der Waals surface area contributed by atoms with Crippen molar-refractivity contribution in [2.45, 2.75) is 19.4 Å². The lowest BCUT2D eigenvalue weighted by Crippen LogP contribution is -2.39. The van der Waals surface area contributed by atoms with Gasteiger partial charge in [-0.25, -0.2) is 4.99 Å². The molecule has 0 amide bonds. The molecule has 1 unspecified atom stereocenters. The van der Waals surface area contributed by atoms with E-state index in [1.54, 1.807) is 7.11 Å². The fourth-order valence-corrected chi connectivity index (χ4v) is 2.55. The van der Waals surface area contributed by atoms with Crippen molar-refractivity contribution in [1.82, 2.24) is 10.2 Å². The highest BCUT2D eigenvalue weighted by molar-refractivity contribution is 5.77. The van der Waals surface area contributed by atoms with E-state index in [0.29, 0.717) is 12.5 Å². The van der Waals surface area contributed by atoms with Crippen LogP contribution in [-0.2, 0) is 4.74 Å². The summed E-state index contributed by atoms with van der Waals surface area (Å²) in [5.41, 5.74) is 5.91. The highest BCUT2D eigenvalue weighted by Crippen LogP contribution is 2.18. The molecule has 0 saturated carbocycles. The topological polar surface area (TPSA) is 81.3 Å². The van der Waals surface area contributed by atoms with Crippen LogP contribution in [0.4, 0.5) is 0 Å². The number of hydrogen-bond donors (Lipinski definition) is 2. The number of ether oxygens (including phenoxy) is 3. The quantitative estimate of drug-likeness (QED) is 0.394. The minimum Gasteiger partial charge on any atom is -0.497 e. The zero-order valence-corrected chi connectivity index (χ0v) is 15.2. The Bertz CT molecular complexity index is 516. The van der Waals surface area contributed by atoms with Crippen LogP contribution in [0.2, 0.25) is 0 Å². The molecule has 0 aliphatic carbocycles. The second-order valence-corrected chi connectivity index (χ2v) is 6.06. The lowest BCUT2D eigenvalue weighted by molar-refractivity contribution is 0.0376. The Hall–Kier alpha value is -1.99. The number of benzene rings is 1. The molecule has 0 bridgehead atoms. The summed E-state index contributed by atoms with van der Waals surface area (Å²) >= 11 is 0. The zero-order valence-electron chi connectivity index (χ0n) is 15.2. The Morgan fingerprint density at radius 2 is 1.96 bits per heavy atom. The molecule has 25 heavy (non-hydrogen) atoms. The summed E-state index contributed by atoms with van der Waals surface area (Å²) in [6.07, 6.45) is 0.982. The van der Waals surface area contributed by atoms with E-state index in [-0.39, 0.29) is 6.10 Å². The number of nitrogens with zero attached hydrogens (tertiary/aromatic N) is 2. The SMILES string of the molecule is COc1ccc(OC(C)CN=C(N)NCCCN2CCOCC2)cc1. The first-order valence-electron chi connectivity index (χ1n) is 8.82. The first-order chi connectivity index (χ1) is 12.2. The van der Waals surface area contributed by atoms with Crippen LogP contribution in [0.5, 0.6) is 11.5 Å². The normalized spacial score (nSPS) is 17.1. The lowest BCUT2D eigenvalue weighted by atomic mass is 10.3. The van der Waals surface area contributed by atoms with Crippen molar-refractivity contribution in [2.75, 3.05) is 53.0 Å². The van der Waals surface area contributed by atoms with E-state index in [9.17, 15) is 0 Å². The molecule has 1 fully saturated rings. The van der Waals surface area contributed by atoms with Gasteiger partial charge in [0, 0.05) is 19.6 Å². The zero-order chi connectivity index (χ0) is 17.9. The Morgan fingerprint density at radius 1 is 1.28 bits per heavy atom. The van der Waals surface area contributed by atoms with E-state index >= 15 is 0 Å². The van der Waals surface area contributed by atoms with Gasteiger partial charge in [0.1, 0.15) is 17.6 Å². The fourth-order valence-electron chi connectivity index (χ4n) is 2.55. The van der Waals surface area contributed by atoms with Crippen molar-refractivity contribution < 1.29 is 14.2 Å². The van der Waals surface area contributed by atoms with Crippen molar-refractivity contribution >= 4 is 5.96 Å². The standard InChI is InChI=1S/C18H30N4O3/c1-15(25-17-6-4-16(23-2)5-7-17)14-21-18(19)20-8-3-9-22-10-12-24-13-11-22/h4-7,15H,3,8-14H2,1-2H3,(H3,19,20,21).